The molecule has 0 unspecified atom stereocenters. The number of nitrogens with zero attached hydrogens (tertiary/aromatic N) is 1. The number of aliphatic hydroxyl groups is 1. The summed E-state index contributed by atoms with van der Waals surface area (Å²) in [6.45, 7) is 3.26. The van der Waals surface area contributed by atoms with E-state index >= 15 is 0 Å². The number of carbonyl (C=O) groups is 3. The minimum absolute atomic E-state index is 0.0950. The van der Waals surface area contributed by atoms with Crippen LogP contribution in [-0.2, 0) is 14.4 Å². The van der Waals surface area contributed by atoms with E-state index in [9.17, 15) is 14.4 Å². The molecular weight excluding hydrogens is 376 g/mol. The monoisotopic (exact) mass is 396 g/mol. The summed E-state index contributed by atoms with van der Waals surface area (Å²) in [5, 5.41) is 11.8. The van der Waals surface area contributed by atoms with E-state index in [0.29, 0.717) is 33.2 Å². The summed E-state index contributed by atoms with van der Waals surface area (Å²) in [6.07, 6.45) is 0. The van der Waals surface area contributed by atoms with Gasteiger partial charge in [0.1, 0.15) is 0 Å². The Hall–Kier alpha value is -2.90. The highest BCUT2D eigenvalue weighted by Crippen LogP contribution is 2.38. The molecule has 0 bridgehead atoms. The normalized spacial score (nSPS) is 14.0. The van der Waals surface area contributed by atoms with Gasteiger partial charge < -0.3 is 10.4 Å². The molecule has 0 saturated carbocycles. The van der Waals surface area contributed by atoms with E-state index in [4.69, 9.17) is 5.11 Å². The molecule has 2 aromatic carbocycles. The highest BCUT2D eigenvalue weighted by molar-refractivity contribution is 8.04. The lowest BCUT2D eigenvalue weighted by molar-refractivity contribution is -0.120. The van der Waals surface area contributed by atoms with Gasteiger partial charge in [0, 0.05) is 18.4 Å². The number of carbonyl (C=O) groups excluding carboxylic acids is 3. The molecule has 1 heterocycles. The third kappa shape index (κ3) is 4.00. The number of hydrogen-bond donors (Lipinski definition) is 2. The van der Waals surface area contributed by atoms with E-state index in [2.05, 4.69) is 5.32 Å². The quantitative estimate of drug-likeness (QED) is 0.733. The second kappa shape index (κ2) is 8.41. The lowest BCUT2D eigenvalue weighted by Gasteiger charge is -2.16. The van der Waals surface area contributed by atoms with Gasteiger partial charge in [0.2, 0.25) is 5.91 Å². The van der Waals surface area contributed by atoms with Crippen LogP contribution in [0.3, 0.4) is 0 Å². The average Bonchev–Trinajstić information content (AvgIpc) is 2.91. The van der Waals surface area contributed by atoms with Gasteiger partial charge >= 0.3 is 0 Å². The Morgan fingerprint density at radius 1 is 1.04 bits per heavy atom. The van der Waals surface area contributed by atoms with Crippen molar-refractivity contribution in [2.24, 2.45) is 0 Å². The highest BCUT2D eigenvalue weighted by atomic mass is 32.2. The van der Waals surface area contributed by atoms with Crippen LogP contribution in [0.15, 0.2) is 53.4 Å². The molecule has 3 rings (SSSR count). The summed E-state index contributed by atoms with van der Waals surface area (Å²) in [6, 6.07) is 13.9. The van der Waals surface area contributed by atoms with Crippen molar-refractivity contribution in [2.45, 2.75) is 13.8 Å². The van der Waals surface area contributed by atoms with Gasteiger partial charge in [0.25, 0.3) is 11.8 Å². The van der Waals surface area contributed by atoms with E-state index < -0.39 is 11.8 Å². The summed E-state index contributed by atoms with van der Waals surface area (Å²) >= 11 is 1.17. The molecule has 1 aliphatic rings. The second-order valence-electron chi connectivity index (χ2n) is 6.32. The molecule has 2 N–H and O–H groups in total. The van der Waals surface area contributed by atoms with Gasteiger partial charge in [0.05, 0.1) is 22.8 Å². The Labute approximate surface area is 167 Å². The van der Waals surface area contributed by atoms with Crippen LogP contribution in [0.4, 0.5) is 11.4 Å². The maximum absolute atomic E-state index is 13.1. The minimum atomic E-state index is -0.411. The fraction of sp³-hybridized carbons (Fsp3) is 0.190. The van der Waals surface area contributed by atoms with Crippen molar-refractivity contribution in [2.75, 3.05) is 22.6 Å². The van der Waals surface area contributed by atoms with Gasteiger partial charge in [-0.05, 0) is 36.8 Å². The Balaban J connectivity index is 1.97. The predicted octanol–water partition coefficient (Wildman–Crippen LogP) is 2.96. The van der Waals surface area contributed by atoms with Crippen LogP contribution < -0.4 is 10.2 Å². The van der Waals surface area contributed by atoms with Gasteiger partial charge in [-0.1, -0.05) is 29.8 Å². The van der Waals surface area contributed by atoms with Crippen molar-refractivity contribution in [1.29, 1.82) is 0 Å². The van der Waals surface area contributed by atoms with Crippen LogP contribution >= 0.6 is 11.8 Å². The fourth-order valence-electron chi connectivity index (χ4n) is 2.90. The van der Waals surface area contributed by atoms with Crippen molar-refractivity contribution in [1.82, 2.24) is 0 Å². The SMILES string of the molecule is CC(=O)Nc1ccc(N2C(=O)C(SCCO)=C(c3ccc(C)cc3)C2=O)cc1. The first-order chi connectivity index (χ1) is 13.4. The van der Waals surface area contributed by atoms with Crippen LogP contribution in [0.1, 0.15) is 18.1 Å². The molecule has 0 atom stereocenters. The van der Waals surface area contributed by atoms with Gasteiger partial charge in [-0.3, -0.25) is 14.4 Å². The summed E-state index contributed by atoms with van der Waals surface area (Å²) in [4.78, 5) is 38.8. The third-order valence-corrected chi connectivity index (χ3v) is 5.22. The maximum Gasteiger partial charge on any atom is 0.272 e. The fourth-order valence-corrected chi connectivity index (χ4v) is 3.76. The van der Waals surface area contributed by atoms with Crippen LogP contribution in [0, 0.1) is 6.92 Å². The van der Waals surface area contributed by atoms with Gasteiger partial charge in [-0.15, -0.1) is 11.8 Å². The molecule has 0 aromatic heterocycles. The van der Waals surface area contributed by atoms with Crippen molar-refractivity contribution in [3.8, 4) is 0 Å². The molecule has 2 aromatic rings. The standard InChI is InChI=1S/C21H20N2O4S/c1-13-3-5-15(6-4-13)18-19(28-12-11-24)21(27)23(20(18)26)17-9-7-16(8-10-17)22-14(2)25/h3-10,24H,11-12H2,1-2H3,(H,22,25). The molecule has 0 radical (unpaired) electrons. The van der Waals surface area contributed by atoms with E-state index in [1.807, 2.05) is 31.2 Å². The molecule has 0 spiro atoms. The molecule has 7 heteroatoms. The highest BCUT2D eigenvalue weighted by Gasteiger charge is 2.40. The zero-order valence-corrected chi connectivity index (χ0v) is 16.4. The number of anilines is 2. The number of amides is 3. The van der Waals surface area contributed by atoms with Crippen LogP contribution in [0.2, 0.25) is 0 Å². The number of imide groups is 1. The number of aliphatic hydroxyl groups excluding tert-OH is 1. The molecule has 0 saturated heterocycles. The summed E-state index contributed by atoms with van der Waals surface area (Å²) in [5.74, 6) is -0.695. The number of thioether (sulfide) groups is 1. The maximum atomic E-state index is 13.1. The molecule has 3 amide bonds. The van der Waals surface area contributed by atoms with Crippen LogP contribution in [-0.4, -0.2) is 35.2 Å². The predicted molar refractivity (Wildman–Crippen MR) is 111 cm³/mol. The number of benzene rings is 2. The summed E-state index contributed by atoms with van der Waals surface area (Å²) in [7, 11) is 0. The summed E-state index contributed by atoms with van der Waals surface area (Å²) in [5.41, 5.74) is 3.07. The molecular formula is C21H20N2O4S. The molecule has 28 heavy (non-hydrogen) atoms. The lowest BCUT2D eigenvalue weighted by atomic mass is 10.0. The van der Waals surface area contributed by atoms with Gasteiger partial charge in [-0.25, -0.2) is 4.90 Å². The lowest BCUT2D eigenvalue weighted by Crippen LogP contribution is -2.31. The molecule has 0 fully saturated rings. The first-order valence-electron chi connectivity index (χ1n) is 8.73. The van der Waals surface area contributed by atoms with Crippen molar-refractivity contribution in [3.63, 3.8) is 0 Å². The first kappa shape index (κ1) is 19.9. The molecule has 6 nitrogen and oxygen atoms in total. The first-order valence-corrected chi connectivity index (χ1v) is 9.72. The van der Waals surface area contributed by atoms with Crippen LogP contribution in [0.25, 0.3) is 5.57 Å². The average molecular weight is 396 g/mol. The topological polar surface area (TPSA) is 86.7 Å². The smallest absolute Gasteiger partial charge is 0.272 e. The minimum Gasteiger partial charge on any atom is -0.396 e. The number of rotatable bonds is 6. The Morgan fingerprint density at radius 3 is 2.25 bits per heavy atom. The zero-order chi connectivity index (χ0) is 20.3. The van der Waals surface area contributed by atoms with Crippen molar-refractivity contribution >= 4 is 46.4 Å². The molecule has 1 aliphatic heterocycles. The Morgan fingerprint density at radius 2 is 1.68 bits per heavy atom. The van der Waals surface area contributed by atoms with Gasteiger partial charge in [0.15, 0.2) is 0 Å². The van der Waals surface area contributed by atoms with E-state index in [1.165, 1.54) is 18.7 Å². The van der Waals surface area contributed by atoms with E-state index in [0.717, 1.165) is 10.5 Å². The van der Waals surface area contributed by atoms with Crippen molar-refractivity contribution in [3.05, 3.63) is 64.6 Å². The van der Waals surface area contributed by atoms with E-state index in [-0.39, 0.29) is 12.5 Å². The number of aryl methyl sites for hydroxylation is 1. The molecule has 144 valence electrons. The van der Waals surface area contributed by atoms with Crippen molar-refractivity contribution < 1.29 is 19.5 Å². The third-order valence-electron chi connectivity index (χ3n) is 4.17. The van der Waals surface area contributed by atoms with Crippen LogP contribution in [0.5, 0.6) is 0 Å². The number of nitrogens with one attached hydrogen (secondary N) is 1. The van der Waals surface area contributed by atoms with Gasteiger partial charge in [-0.2, -0.15) is 0 Å². The number of hydrogen-bond acceptors (Lipinski definition) is 5. The molecule has 0 aliphatic carbocycles. The summed E-state index contributed by atoms with van der Waals surface area (Å²) < 4.78 is 0. The Kier molecular flexibility index (Phi) is 5.96. The second-order valence-corrected chi connectivity index (χ2v) is 7.42. The van der Waals surface area contributed by atoms with E-state index in [1.54, 1.807) is 24.3 Å². The largest absolute Gasteiger partial charge is 0.396 e. The Bertz CT molecular complexity index is 949. The zero-order valence-electron chi connectivity index (χ0n) is 15.6.